The molecule has 5 nitrogen and oxygen atoms in total. The highest BCUT2D eigenvalue weighted by Gasteiger charge is 2.47. The van der Waals surface area contributed by atoms with Crippen LogP contribution in [-0.4, -0.2) is 40.1 Å². The van der Waals surface area contributed by atoms with Crippen LogP contribution in [0, 0.1) is 11.3 Å². The van der Waals surface area contributed by atoms with Crippen LogP contribution >= 0.6 is 0 Å². The first kappa shape index (κ1) is 14.8. The SMILES string of the molecule is O=S1(=O)CCC[C@H](NS(=O)(=O)CC23CCC(CC2)C3)C1. The van der Waals surface area contributed by atoms with Gasteiger partial charge in [-0.05, 0) is 56.3 Å². The molecular weight excluding hydrogens is 298 g/mol. The van der Waals surface area contributed by atoms with E-state index in [1.807, 2.05) is 0 Å². The van der Waals surface area contributed by atoms with E-state index in [0.29, 0.717) is 12.8 Å². The number of nitrogens with one attached hydrogen (secondary N) is 1. The van der Waals surface area contributed by atoms with E-state index in [-0.39, 0.29) is 22.7 Å². The molecule has 3 rings (SSSR count). The molecule has 2 aliphatic carbocycles. The van der Waals surface area contributed by atoms with E-state index in [9.17, 15) is 16.8 Å². The van der Waals surface area contributed by atoms with Crippen molar-refractivity contribution in [2.75, 3.05) is 17.3 Å². The highest BCUT2D eigenvalue weighted by Crippen LogP contribution is 2.54. The Morgan fingerprint density at radius 1 is 1.15 bits per heavy atom. The maximum absolute atomic E-state index is 12.3. The van der Waals surface area contributed by atoms with Gasteiger partial charge < -0.3 is 0 Å². The average molecular weight is 321 g/mol. The van der Waals surface area contributed by atoms with Crippen LogP contribution in [-0.2, 0) is 19.9 Å². The van der Waals surface area contributed by atoms with E-state index in [1.54, 1.807) is 0 Å². The molecule has 0 amide bonds. The van der Waals surface area contributed by atoms with Crippen molar-refractivity contribution in [3.63, 3.8) is 0 Å². The summed E-state index contributed by atoms with van der Waals surface area (Å²) in [6.07, 6.45) is 6.58. The Balaban J connectivity index is 1.64. The molecule has 1 N–H and O–H groups in total. The number of hydrogen-bond donors (Lipinski definition) is 1. The summed E-state index contributed by atoms with van der Waals surface area (Å²) in [6, 6.07) is -0.422. The minimum atomic E-state index is -3.37. The second-order valence-corrected chi connectivity index (χ2v) is 11.0. The van der Waals surface area contributed by atoms with Gasteiger partial charge in [0.25, 0.3) is 0 Å². The van der Waals surface area contributed by atoms with Crippen molar-refractivity contribution < 1.29 is 16.8 Å². The molecule has 2 bridgehead atoms. The average Bonchev–Trinajstić information content (AvgIpc) is 2.85. The first-order valence-corrected chi connectivity index (χ1v) is 11.0. The number of sulfonamides is 1. The van der Waals surface area contributed by atoms with Crippen LogP contribution < -0.4 is 4.72 Å². The van der Waals surface area contributed by atoms with Gasteiger partial charge in [-0.15, -0.1) is 0 Å². The lowest BCUT2D eigenvalue weighted by molar-refractivity contribution is 0.332. The van der Waals surface area contributed by atoms with Crippen LogP contribution in [0.3, 0.4) is 0 Å². The summed E-state index contributed by atoms with van der Waals surface area (Å²) < 4.78 is 50.5. The Hall–Kier alpha value is -0.140. The molecule has 0 aromatic carbocycles. The molecule has 0 unspecified atom stereocenters. The number of fused-ring (bicyclic) bond motifs is 2. The molecule has 2 saturated carbocycles. The van der Waals surface area contributed by atoms with Gasteiger partial charge in [0, 0.05) is 6.04 Å². The molecule has 3 aliphatic rings. The molecule has 0 aromatic rings. The molecule has 0 radical (unpaired) electrons. The summed E-state index contributed by atoms with van der Waals surface area (Å²) in [5.74, 6) is 1.06. The zero-order chi connectivity index (χ0) is 14.4. The summed E-state index contributed by atoms with van der Waals surface area (Å²) >= 11 is 0. The first-order valence-electron chi connectivity index (χ1n) is 7.48. The largest absolute Gasteiger partial charge is 0.229 e. The van der Waals surface area contributed by atoms with Crippen LogP contribution in [0.4, 0.5) is 0 Å². The van der Waals surface area contributed by atoms with Crippen molar-refractivity contribution in [3.05, 3.63) is 0 Å². The molecule has 7 heteroatoms. The minimum Gasteiger partial charge on any atom is -0.229 e. The molecule has 1 aliphatic heterocycles. The summed E-state index contributed by atoms with van der Waals surface area (Å²) in [5.41, 5.74) is -0.0238. The monoisotopic (exact) mass is 321 g/mol. The van der Waals surface area contributed by atoms with Crippen molar-refractivity contribution in [1.82, 2.24) is 4.72 Å². The van der Waals surface area contributed by atoms with Crippen molar-refractivity contribution in [3.8, 4) is 0 Å². The molecule has 3 fully saturated rings. The van der Waals surface area contributed by atoms with Gasteiger partial charge in [-0.1, -0.05) is 0 Å². The van der Waals surface area contributed by atoms with Crippen molar-refractivity contribution in [1.29, 1.82) is 0 Å². The van der Waals surface area contributed by atoms with Gasteiger partial charge in [-0.3, -0.25) is 0 Å². The second kappa shape index (κ2) is 4.95. The lowest BCUT2D eigenvalue weighted by atomic mass is 9.87. The standard InChI is InChI=1S/C13H23NO4S2/c15-19(16)7-1-2-12(9-19)14-20(17,18)10-13-5-3-11(8-13)4-6-13/h11-12,14H,1-10H2/t11?,12-,13?/m0/s1. The predicted molar refractivity (Wildman–Crippen MR) is 77.6 cm³/mol. The van der Waals surface area contributed by atoms with Gasteiger partial charge in [-0.25, -0.2) is 21.6 Å². The maximum atomic E-state index is 12.3. The smallest absolute Gasteiger partial charge is 0.212 e. The fraction of sp³-hybridized carbons (Fsp3) is 1.00. The third kappa shape index (κ3) is 3.20. The molecule has 20 heavy (non-hydrogen) atoms. The Kier molecular flexibility index (Phi) is 3.66. The highest BCUT2D eigenvalue weighted by atomic mass is 32.2. The molecule has 1 atom stereocenters. The lowest BCUT2D eigenvalue weighted by Gasteiger charge is -2.28. The topological polar surface area (TPSA) is 80.3 Å². The van der Waals surface area contributed by atoms with E-state index >= 15 is 0 Å². The Labute approximate surface area is 121 Å². The van der Waals surface area contributed by atoms with Crippen LogP contribution in [0.5, 0.6) is 0 Å². The first-order chi connectivity index (χ1) is 9.28. The third-order valence-electron chi connectivity index (χ3n) is 5.19. The van der Waals surface area contributed by atoms with Gasteiger partial charge in [0.05, 0.1) is 17.3 Å². The third-order valence-corrected chi connectivity index (χ3v) is 8.70. The zero-order valence-electron chi connectivity index (χ0n) is 11.7. The van der Waals surface area contributed by atoms with Crippen LogP contribution in [0.25, 0.3) is 0 Å². The van der Waals surface area contributed by atoms with Crippen molar-refractivity contribution in [2.45, 2.75) is 51.0 Å². The molecule has 0 spiro atoms. The lowest BCUT2D eigenvalue weighted by Crippen LogP contribution is -2.46. The van der Waals surface area contributed by atoms with E-state index in [2.05, 4.69) is 4.72 Å². The zero-order valence-corrected chi connectivity index (χ0v) is 13.3. The van der Waals surface area contributed by atoms with Gasteiger partial charge in [0.2, 0.25) is 10.0 Å². The normalized spacial score (nSPS) is 40.0. The molecule has 0 aromatic heterocycles. The Bertz CT molecular complexity index is 573. The molecule has 1 saturated heterocycles. The summed E-state index contributed by atoms with van der Waals surface area (Å²) in [6.45, 7) is 0. The molecule has 1 heterocycles. The maximum Gasteiger partial charge on any atom is 0.212 e. The Morgan fingerprint density at radius 2 is 1.85 bits per heavy atom. The fourth-order valence-corrected chi connectivity index (χ4v) is 8.08. The number of sulfone groups is 1. The van der Waals surface area contributed by atoms with Gasteiger partial charge >= 0.3 is 0 Å². The minimum absolute atomic E-state index is 0.0238. The van der Waals surface area contributed by atoms with Gasteiger partial charge in [0.1, 0.15) is 0 Å². The van der Waals surface area contributed by atoms with E-state index < -0.39 is 25.9 Å². The van der Waals surface area contributed by atoms with Crippen LogP contribution in [0.1, 0.15) is 44.9 Å². The fourth-order valence-electron chi connectivity index (χ4n) is 4.33. The summed E-state index contributed by atoms with van der Waals surface area (Å²) in [4.78, 5) is 0. The van der Waals surface area contributed by atoms with Crippen LogP contribution in [0.15, 0.2) is 0 Å². The van der Waals surface area contributed by atoms with E-state index in [0.717, 1.165) is 38.0 Å². The van der Waals surface area contributed by atoms with Gasteiger partial charge in [0.15, 0.2) is 9.84 Å². The highest BCUT2D eigenvalue weighted by molar-refractivity contribution is 7.91. The molecule has 116 valence electrons. The van der Waals surface area contributed by atoms with E-state index in [1.165, 1.54) is 0 Å². The number of hydrogen-bond acceptors (Lipinski definition) is 4. The van der Waals surface area contributed by atoms with Gasteiger partial charge in [-0.2, -0.15) is 0 Å². The van der Waals surface area contributed by atoms with Crippen molar-refractivity contribution in [2.24, 2.45) is 11.3 Å². The summed E-state index contributed by atoms with van der Waals surface area (Å²) in [7, 11) is -6.44. The summed E-state index contributed by atoms with van der Waals surface area (Å²) in [5, 5.41) is 0. The van der Waals surface area contributed by atoms with Crippen LogP contribution in [0.2, 0.25) is 0 Å². The van der Waals surface area contributed by atoms with E-state index in [4.69, 9.17) is 0 Å². The van der Waals surface area contributed by atoms with Crippen molar-refractivity contribution >= 4 is 19.9 Å². The quantitative estimate of drug-likeness (QED) is 0.840. The number of rotatable bonds is 4. The second-order valence-electron chi connectivity index (χ2n) is 6.98. The predicted octanol–water partition coefficient (Wildman–Crippen LogP) is 1.06. The Morgan fingerprint density at radius 3 is 2.40 bits per heavy atom. The molecular formula is C13H23NO4S2.